The van der Waals surface area contributed by atoms with Gasteiger partial charge in [-0.1, -0.05) is 37.3 Å². The topological polar surface area (TPSA) is 82.5 Å². The zero-order valence-electron chi connectivity index (χ0n) is 14.0. The van der Waals surface area contributed by atoms with Gasteiger partial charge in [-0.3, -0.25) is 9.78 Å². The van der Waals surface area contributed by atoms with Gasteiger partial charge in [0.15, 0.2) is 0 Å². The second kappa shape index (κ2) is 7.59. The molecule has 6 nitrogen and oxygen atoms in total. The lowest BCUT2D eigenvalue weighted by Gasteiger charge is -2.20. The van der Waals surface area contributed by atoms with E-state index in [0.717, 1.165) is 11.1 Å². The largest absolute Gasteiger partial charge is 0.481 e. The van der Waals surface area contributed by atoms with Gasteiger partial charge in [-0.2, -0.15) is 0 Å². The zero-order valence-corrected chi connectivity index (χ0v) is 14.0. The molecule has 0 fully saturated rings. The van der Waals surface area contributed by atoms with Gasteiger partial charge in [0.25, 0.3) is 0 Å². The number of carboxylic acids is 1. The highest BCUT2D eigenvalue weighted by Crippen LogP contribution is 2.23. The molecule has 6 heteroatoms. The maximum absolute atomic E-state index is 12.3. The molecule has 2 N–H and O–H groups in total. The maximum atomic E-state index is 12.3. The number of carbonyl (C=O) groups excluding carboxylic acids is 1. The van der Waals surface area contributed by atoms with Crippen molar-refractivity contribution in [2.75, 3.05) is 18.9 Å². The number of amides is 2. The molecule has 2 amide bonds. The van der Waals surface area contributed by atoms with E-state index in [1.165, 1.54) is 4.90 Å². The van der Waals surface area contributed by atoms with Crippen LogP contribution in [0.2, 0.25) is 0 Å². The normalized spacial score (nSPS) is 11.6. The van der Waals surface area contributed by atoms with E-state index in [0.29, 0.717) is 11.4 Å². The first-order valence-electron chi connectivity index (χ1n) is 7.65. The Balaban J connectivity index is 2.14. The van der Waals surface area contributed by atoms with Crippen LogP contribution < -0.4 is 5.32 Å². The van der Waals surface area contributed by atoms with Gasteiger partial charge in [0.2, 0.25) is 0 Å². The van der Waals surface area contributed by atoms with Crippen LogP contribution >= 0.6 is 0 Å². The summed E-state index contributed by atoms with van der Waals surface area (Å²) in [7, 11) is 1.57. The SMILES string of the molecule is Cc1ncc(-c2ccccc2)cc1NC(=O)N(C)CC(C)C(=O)O. The smallest absolute Gasteiger partial charge is 0.321 e. The first kappa shape index (κ1) is 17.5. The zero-order chi connectivity index (χ0) is 17.7. The number of aliphatic carboxylic acids is 1. The highest BCUT2D eigenvalue weighted by Gasteiger charge is 2.18. The Kier molecular flexibility index (Phi) is 5.52. The van der Waals surface area contributed by atoms with Gasteiger partial charge in [0.1, 0.15) is 0 Å². The molecule has 1 atom stereocenters. The number of urea groups is 1. The number of nitrogens with one attached hydrogen (secondary N) is 1. The Labute approximate surface area is 141 Å². The maximum Gasteiger partial charge on any atom is 0.321 e. The molecule has 0 aliphatic heterocycles. The van der Waals surface area contributed by atoms with Crippen molar-refractivity contribution in [3.8, 4) is 11.1 Å². The van der Waals surface area contributed by atoms with Crippen molar-refractivity contribution in [2.24, 2.45) is 5.92 Å². The molecule has 0 spiro atoms. The van der Waals surface area contributed by atoms with E-state index in [-0.39, 0.29) is 12.6 Å². The molecule has 126 valence electrons. The minimum atomic E-state index is -0.932. The van der Waals surface area contributed by atoms with Crippen molar-refractivity contribution in [1.29, 1.82) is 0 Å². The van der Waals surface area contributed by atoms with Gasteiger partial charge in [-0.15, -0.1) is 0 Å². The monoisotopic (exact) mass is 327 g/mol. The fraction of sp³-hybridized carbons (Fsp3) is 0.278. The number of nitrogens with zero attached hydrogens (tertiary/aromatic N) is 2. The van der Waals surface area contributed by atoms with E-state index in [9.17, 15) is 9.59 Å². The molecular weight excluding hydrogens is 306 g/mol. The molecule has 0 saturated carbocycles. The van der Waals surface area contributed by atoms with E-state index in [4.69, 9.17) is 5.11 Å². The van der Waals surface area contributed by atoms with Crippen molar-refractivity contribution in [1.82, 2.24) is 9.88 Å². The van der Waals surface area contributed by atoms with Gasteiger partial charge in [-0.25, -0.2) is 4.79 Å². The summed E-state index contributed by atoms with van der Waals surface area (Å²) in [5.74, 6) is -1.56. The van der Waals surface area contributed by atoms with Crippen LogP contribution in [-0.4, -0.2) is 40.6 Å². The molecule has 0 radical (unpaired) electrons. The number of anilines is 1. The van der Waals surface area contributed by atoms with Crippen LogP contribution in [-0.2, 0) is 4.79 Å². The van der Waals surface area contributed by atoms with Crippen molar-refractivity contribution in [3.05, 3.63) is 48.3 Å². The molecule has 0 saturated heterocycles. The minimum Gasteiger partial charge on any atom is -0.481 e. The van der Waals surface area contributed by atoms with Crippen LogP contribution in [0, 0.1) is 12.8 Å². The molecule has 0 aliphatic carbocycles. The third-order valence-corrected chi connectivity index (χ3v) is 3.75. The third-order valence-electron chi connectivity index (χ3n) is 3.75. The number of carbonyl (C=O) groups is 2. The number of carboxylic acid groups (broad SMARTS) is 1. The van der Waals surface area contributed by atoms with Gasteiger partial charge in [0.05, 0.1) is 17.3 Å². The Morgan fingerprint density at radius 3 is 2.54 bits per heavy atom. The molecule has 0 aliphatic rings. The number of aromatic nitrogens is 1. The fourth-order valence-electron chi connectivity index (χ4n) is 2.23. The number of aryl methyl sites for hydroxylation is 1. The number of benzene rings is 1. The van der Waals surface area contributed by atoms with Crippen molar-refractivity contribution < 1.29 is 14.7 Å². The Bertz CT molecular complexity index is 732. The molecule has 2 rings (SSSR count). The van der Waals surface area contributed by atoms with Crippen LogP contribution in [0.15, 0.2) is 42.6 Å². The van der Waals surface area contributed by atoms with Gasteiger partial charge >= 0.3 is 12.0 Å². The summed E-state index contributed by atoms with van der Waals surface area (Å²) in [5, 5.41) is 11.7. The predicted molar refractivity (Wildman–Crippen MR) is 92.9 cm³/mol. The highest BCUT2D eigenvalue weighted by atomic mass is 16.4. The highest BCUT2D eigenvalue weighted by molar-refractivity contribution is 5.90. The number of hydrogen-bond donors (Lipinski definition) is 2. The second-order valence-corrected chi connectivity index (χ2v) is 5.77. The van der Waals surface area contributed by atoms with Crippen molar-refractivity contribution >= 4 is 17.7 Å². The molecule has 24 heavy (non-hydrogen) atoms. The molecule has 0 bridgehead atoms. The van der Waals surface area contributed by atoms with E-state index in [2.05, 4.69) is 10.3 Å². The lowest BCUT2D eigenvalue weighted by atomic mass is 10.1. The van der Waals surface area contributed by atoms with E-state index >= 15 is 0 Å². The molecular formula is C18H21N3O3. The standard InChI is InChI=1S/C18H21N3O3/c1-12(17(22)23)11-21(3)18(24)20-16-9-15(10-19-13(16)2)14-7-5-4-6-8-14/h4-10,12H,11H2,1-3H3,(H,20,24)(H,22,23). The van der Waals surface area contributed by atoms with Crippen LogP contribution in [0.25, 0.3) is 11.1 Å². The van der Waals surface area contributed by atoms with E-state index in [1.54, 1.807) is 20.2 Å². The summed E-state index contributed by atoms with van der Waals surface area (Å²) >= 11 is 0. The molecule has 1 aromatic carbocycles. The number of rotatable bonds is 5. The Morgan fingerprint density at radius 1 is 1.25 bits per heavy atom. The molecule has 1 aromatic heterocycles. The molecule has 2 aromatic rings. The predicted octanol–water partition coefficient (Wildman–Crippen LogP) is 3.24. The van der Waals surface area contributed by atoms with Crippen molar-refractivity contribution in [3.63, 3.8) is 0 Å². The fourth-order valence-corrected chi connectivity index (χ4v) is 2.23. The first-order valence-corrected chi connectivity index (χ1v) is 7.65. The minimum absolute atomic E-state index is 0.131. The Morgan fingerprint density at radius 2 is 1.92 bits per heavy atom. The van der Waals surface area contributed by atoms with Crippen LogP contribution in [0.3, 0.4) is 0 Å². The van der Waals surface area contributed by atoms with Gasteiger partial charge in [0, 0.05) is 25.4 Å². The quantitative estimate of drug-likeness (QED) is 0.883. The summed E-state index contributed by atoms with van der Waals surface area (Å²) in [6, 6.07) is 11.3. The number of hydrogen-bond acceptors (Lipinski definition) is 3. The van der Waals surface area contributed by atoms with E-state index in [1.807, 2.05) is 43.3 Å². The Hall–Kier alpha value is -2.89. The number of pyridine rings is 1. The summed E-state index contributed by atoms with van der Waals surface area (Å²) in [5.41, 5.74) is 3.21. The average molecular weight is 327 g/mol. The lowest BCUT2D eigenvalue weighted by molar-refractivity contribution is -0.141. The van der Waals surface area contributed by atoms with Crippen LogP contribution in [0.5, 0.6) is 0 Å². The molecule has 1 heterocycles. The van der Waals surface area contributed by atoms with Crippen LogP contribution in [0.1, 0.15) is 12.6 Å². The summed E-state index contributed by atoms with van der Waals surface area (Å²) < 4.78 is 0. The second-order valence-electron chi connectivity index (χ2n) is 5.77. The van der Waals surface area contributed by atoms with Gasteiger partial charge in [-0.05, 0) is 18.6 Å². The van der Waals surface area contributed by atoms with E-state index < -0.39 is 11.9 Å². The van der Waals surface area contributed by atoms with Gasteiger partial charge < -0.3 is 15.3 Å². The summed E-state index contributed by atoms with van der Waals surface area (Å²) in [6.45, 7) is 3.51. The van der Waals surface area contributed by atoms with Crippen LogP contribution in [0.4, 0.5) is 10.5 Å². The summed E-state index contributed by atoms with van der Waals surface area (Å²) in [6.07, 6.45) is 1.76. The molecule has 1 unspecified atom stereocenters. The third kappa shape index (κ3) is 4.32. The lowest BCUT2D eigenvalue weighted by Crippen LogP contribution is -2.36. The summed E-state index contributed by atoms with van der Waals surface area (Å²) in [4.78, 5) is 28.9. The van der Waals surface area contributed by atoms with Crippen molar-refractivity contribution in [2.45, 2.75) is 13.8 Å². The average Bonchev–Trinajstić information content (AvgIpc) is 2.57. The first-order chi connectivity index (χ1) is 11.4.